The van der Waals surface area contributed by atoms with E-state index in [0.717, 1.165) is 44.4 Å². The molecule has 12 aromatic rings. The molecule has 0 N–H and O–H groups in total. The molecule has 0 saturated heterocycles. The molecular formula is C58H33N3OS. The fourth-order valence-electron chi connectivity index (χ4n) is 10.7. The van der Waals surface area contributed by atoms with Gasteiger partial charge in [0.25, 0.3) is 0 Å². The van der Waals surface area contributed by atoms with Gasteiger partial charge in [0, 0.05) is 47.6 Å². The van der Waals surface area contributed by atoms with Gasteiger partial charge >= 0.3 is 0 Å². The van der Waals surface area contributed by atoms with Gasteiger partial charge < -0.3 is 4.42 Å². The highest BCUT2D eigenvalue weighted by atomic mass is 32.1. The molecule has 2 aliphatic rings. The fourth-order valence-corrected chi connectivity index (χ4v) is 11.8. The van der Waals surface area contributed by atoms with E-state index in [1.54, 1.807) is 0 Å². The van der Waals surface area contributed by atoms with Gasteiger partial charge in [-0.1, -0.05) is 158 Å². The van der Waals surface area contributed by atoms with Crippen molar-refractivity contribution < 1.29 is 4.42 Å². The summed E-state index contributed by atoms with van der Waals surface area (Å²) in [6.07, 6.45) is 0. The van der Waals surface area contributed by atoms with Crippen LogP contribution in [0.2, 0.25) is 0 Å². The molecule has 3 heterocycles. The number of thiophene rings is 1. The summed E-state index contributed by atoms with van der Waals surface area (Å²) in [7, 11) is 0. The van der Waals surface area contributed by atoms with Gasteiger partial charge in [-0.25, -0.2) is 15.0 Å². The maximum absolute atomic E-state index is 6.95. The fraction of sp³-hybridized carbons (Fsp3) is 0.0172. The average molecular weight is 820 g/mol. The molecule has 2 aliphatic carbocycles. The molecule has 292 valence electrons. The standard InChI is InChI=1S/C58H33N3OS/c1-3-14-34(15-4-1)55-59-56(35-16-5-2-6-17-35)61-57(60-55)38-19-13-18-36(30-38)37-26-27-43-50(31-37)62-49-29-28-42-44-32-45-41-22-9-12-25-51(41)63-52(45)33-48(44)58(54(42)53(43)49)46-23-10-7-20-39(46)40-21-8-11-24-47(40)58/h1-33H. The summed E-state index contributed by atoms with van der Waals surface area (Å²) in [6, 6.07) is 71.8. The van der Waals surface area contributed by atoms with Crippen LogP contribution in [0.5, 0.6) is 0 Å². The van der Waals surface area contributed by atoms with Crippen LogP contribution in [0, 0.1) is 0 Å². The van der Waals surface area contributed by atoms with Gasteiger partial charge in [0.2, 0.25) is 0 Å². The van der Waals surface area contributed by atoms with Gasteiger partial charge in [0.05, 0.1) is 5.41 Å². The smallest absolute Gasteiger partial charge is 0.164 e. The predicted octanol–water partition coefficient (Wildman–Crippen LogP) is 15.2. The highest BCUT2D eigenvalue weighted by molar-refractivity contribution is 7.25. The van der Waals surface area contributed by atoms with Crippen LogP contribution in [-0.4, -0.2) is 15.0 Å². The SMILES string of the molecule is c1ccc(-c2nc(-c3ccccc3)nc(-c3cccc(-c4ccc5c(c4)oc4ccc6c(c45)C4(c5ccccc5-c5ccccc54)c4cc5sc7ccccc7c5cc4-6)c3)n2)cc1. The quantitative estimate of drug-likeness (QED) is 0.177. The first-order valence-corrected chi connectivity index (χ1v) is 22.2. The van der Waals surface area contributed by atoms with Gasteiger partial charge in [-0.05, 0) is 98.1 Å². The first-order valence-electron chi connectivity index (χ1n) is 21.3. The summed E-state index contributed by atoms with van der Waals surface area (Å²) in [5.41, 5.74) is 16.6. The van der Waals surface area contributed by atoms with Crippen molar-refractivity contribution in [2.45, 2.75) is 5.41 Å². The number of hydrogen-bond acceptors (Lipinski definition) is 5. The minimum absolute atomic E-state index is 0.521. The molecule has 0 saturated carbocycles. The Bertz CT molecular complexity index is 3760. The third-order valence-electron chi connectivity index (χ3n) is 13.3. The Hall–Kier alpha value is -7.99. The molecule has 0 fully saturated rings. The largest absolute Gasteiger partial charge is 0.456 e. The summed E-state index contributed by atoms with van der Waals surface area (Å²) < 4.78 is 9.58. The number of benzene rings is 9. The zero-order valence-corrected chi connectivity index (χ0v) is 34.5. The van der Waals surface area contributed by atoms with Crippen molar-refractivity contribution in [3.05, 3.63) is 222 Å². The molecule has 0 bridgehead atoms. The van der Waals surface area contributed by atoms with Crippen molar-refractivity contribution >= 4 is 53.4 Å². The number of nitrogens with zero attached hydrogens (tertiary/aromatic N) is 3. The summed E-state index contributed by atoms with van der Waals surface area (Å²) in [6.45, 7) is 0. The zero-order valence-electron chi connectivity index (χ0n) is 33.7. The van der Waals surface area contributed by atoms with Crippen LogP contribution in [0.3, 0.4) is 0 Å². The Morgan fingerprint density at radius 2 is 0.952 bits per heavy atom. The first-order chi connectivity index (χ1) is 31.2. The van der Waals surface area contributed by atoms with E-state index in [4.69, 9.17) is 19.4 Å². The molecule has 0 radical (unpaired) electrons. The Morgan fingerprint density at radius 3 is 1.68 bits per heavy atom. The van der Waals surface area contributed by atoms with Crippen molar-refractivity contribution in [3.8, 4) is 67.5 Å². The first kappa shape index (κ1) is 34.7. The number of fused-ring (bicyclic) bond motifs is 17. The van der Waals surface area contributed by atoms with Crippen LogP contribution in [0.25, 0.3) is 110 Å². The van der Waals surface area contributed by atoms with Gasteiger partial charge in [0.15, 0.2) is 17.5 Å². The maximum atomic E-state index is 6.95. The number of rotatable bonds is 4. The molecule has 14 rings (SSSR count). The normalized spacial score (nSPS) is 13.2. The topological polar surface area (TPSA) is 51.8 Å². The Morgan fingerprint density at radius 1 is 0.349 bits per heavy atom. The predicted molar refractivity (Wildman–Crippen MR) is 258 cm³/mol. The minimum Gasteiger partial charge on any atom is -0.456 e. The minimum atomic E-state index is -0.521. The second-order valence-corrected chi connectivity index (χ2v) is 17.7. The van der Waals surface area contributed by atoms with Gasteiger partial charge in [-0.2, -0.15) is 0 Å². The second kappa shape index (κ2) is 13.0. The van der Waals surface area contributed by atoms with Crippen LogP contribution in [0.1, 0.15) is 22.3 Å². The molecule has 9 aromatic carbocycles. The van der Waals surface area contributed by atoms with Gasteiger partial charge in [-0.3, -0.25) is 0 Å². The van der Waals surface area contributed by atoms with Crippen molar-refractivity contribution in [3.63, 3.8) is 0 Å². The van der Waals surface area contributed by atoms with E-state index in [2.05, 4.69) is 140 Å². The number of hydrogen-bond donors (Lipinski definition) is 0. The van der Waals surface area contributed by atoms with E-state index >= 15 is 0 Å². The van der Waals surface area contributed by atoms with Crippen LogP contribution < -0.4 is 0 Å². The van der Waals surface area contributed by atoms with Crippen LogP contribution in [0.4, 0.5) is 0 Å². The third-order valence-corrected chi connectivity index (χ3v) is 14.5. The molecule has 4 nitrogen and oxygen atoms in total. The molecule has 5 heteroatoms. The van der Waals surface area contributed by atoms with Crippen LogP contribution in [0.15, 0.2) is 205 Å². The molecule has 0 aliphatic heterocycles. The molecule has 1 spiro atoms. The lowest BCUT2D eigenvalue weighted by Crippen LogP contribution is -2.26. The lowest BCUT2D eigenvalue weighted by Gasteiger charge is -2.31. The summed E-state index contributed by atoms with van der Waals surface area (Å²) in [5, 5.41) is 4.90. The van der Waals surface area contributed by atoms with Crippen LogP contribution in [-0.2, 0) is 5.41 Å². The molecular weight excluding hydrogens is 787 g/mol. The van der Waals surface area contributed by atoms with Crippen molar-refractivity contribution in [1.82, 2.24) is 15.0 Å². The van der Waals surface area contributed by atoms with E-state index in [0.29, 0.717) is 17.5 Å². The molecule has 0 amide bonds. The second-order valence-electron chi connectivity index (χ2n) is 16.6. The van der Waals surface area contributed by atoms with Gasteiger partial charge in [0.1, 0.15) is 11.2 Å². The third kappa shape index (κ3) is 4.88. The molecule has 3 aromatic heterocycles. The van der Waals surface area contributed by atoms with Crippen molar-refractivity contribution in [2.24, 2.45) is 0 Å². The van der Waals surface area contributed by atoms with Crippen molar-refractivity contribution in [1.29, 1.82) is 0 Å². The summed E-state index contributed by atoms with van der Waals surface area (Å²) in [4.78, 5) is 15.0. The molecule has 63 heavy (non-hydrogen) atoms. The molecule has 0 atom stereocenters. The monoisotopic (exact) mass is 819 g/mol. The molecule has 0 unspecified atom stereocenters. The lowest BCUT2D eigenvalue weighted by atomic mass is 9.69. The maximum Gasteiger partial charge on any atom is 0.164 e. The van der Waals surface area contributed by atoms with Gasteiger partial charge in [-0.15, -0.1) is 11.3 Å². The van der Waals surface area contributed by atoms with E-state index in [1.165, 1.54) is 70.1 Å². The average Bonchev–Trinajstić information content (AvgIpc) is 4.08. The Balaban J connectivity index is 0.969. The van der Waals surface area contributed by atoms with Crippen molar-refractivity contribution in [2.75, 3.05) is 0 Å². The highest BCUT2D eigenvalue weighted by Crippen LogP contribution is 2.65. The van der Waals surface area contributed by atoms with E-state index in [9.17, 15) is 0 Å². The summed E-state index contributed by atoms with van der Waals surface area (Å²) >= 11 is 1.89. The zero-order chi connectivity index (χ0) is 41.2. The summed E-state index contributed by atoms with van der Waals surface area (Å²) in [5.74, 6) is 1.91. The Labute approximate surface area is 366 Å². The van der Waals surface area contributed by atoms with E-state index in [-0.39, 0.29) is 0 Å². The van der Waals surface area contributed by atoms with E-state index in [1.807, 2.05) is 72.0 Å². The van der Waals surface area contributed by atoms with Crippen LogP contribution >= 0.6 is 11.3 Å². The number of aromatic nitrogens is 3. The highest BCUT2D eigenvalue weighted by Gasteiger charge is 2.53. The Kier molecular flexibility index (Phi) is 7.16. The number of furan rings is 1. The van der Waals surface area contributed by atoms with E-state index < -0.39 is 5.41 Å². The lowest BCUT2D eigenvalue weighted by molar-refractivity contribution is 0.668.